The molecule has 0 aliphatic carbocycles. The Morgan fingerprint density at radius 2 is 1.55 bits per heavy atom. The first-order valence-corrected chi connectivity index (χ1v) is 10.4. The minimum atomic E-state index is -0.307. The predicted octanol–water partition coefficient (Wildman–Crippen LogP) is 6.02. The number of aryl methyl sites for hydroxylation is 1. The Morgan fingerprint density at radius 3 is 2.24 bits per heavy atom. The van der Waals surface area contributed by atoms with Crippen LogP contribution in [0.4, 0.5) is 11.4 Å². The lowest BCUT2D eigenvalue weighted by Crippen LogP contribution is -2.22. The molecule has 1 unspecified atom stereocenters. The van der Waals surface area contributed by atoms with Gasteiger partial charge in [-0.3, -0.25) is 9.59 Å². The van der Waals surface area contributed by atoms with E-state index in [9.17, 15) is 9.59 Å². The summed E-state index contributed by atoms with van der Waals surface area (Å²) >= 11 is 7.53. The zero-order valence-electron chi connectivity index (χ0n) is 16.1. The first-order chi connectivity index (χ1) is 13.9. The minimum absolute atomic E-state index is 0.125. The summed E-state index contributed by atoms with van der Waals surface area (Å²) < 4.78 is 0. The van der Waals surface area contributed by atoms with Gasteiger partial charge in [-0.2, -0.15) is 0 Å². The maximum atomic E-state index is 12.4. The smallest absolute Gasteiger partial charge is 0.255 e. The van der Waals surface area contributed by atoms with Crippen molar-refractivity contribution in [2.45, 2.75) is 24.0 Å². The highest BCUT2D eigenvalue weighted by Gasteiger charge is 2.16. The first kappa shape index (κ1) is 21.0. The maximum absolute atomic E-state index is 12.4. The van der Waals surface area contributed by atoms with Crippen LogP contribution in [0.3, 0.4) is 0 Å². The molecule has 0 aliphatic rings. The Bertz CT molecular complexity index is 1020. The molecular weight excluding hydrogens is 404 g/mol. The van der Waals surface area contributed by atoms with Crippen LogP contribution in [0.1, 0.15) is 22.8 Å². The van der Waals surface area contributed by atoms with E-state index in [2.05, 4.69) is 10.6 Å². The molecule has 4 nitrogen and oxygen atoms in total. The lowest BCUT2D eigenvalue weighted by atomic mass is 10.1. The average molecular weight is 425 g/mol. The summed E-state index contributed by atoms with van der Waals surface area (Å²) in [5.41, 5.74) is 2.88. The SMILES string of the molecule is Cc1ccccc1C(=O)Nc1ccc(SC(C)C(=O)Nc2ccccc2Cl)cc1. The highest BCUT2D eigenvalue weighted by molar-refractivity contribution is 8.00. The molecule has 0 fully saturated rings. The van der Waals surface area contributed by atoms with Gasteiger partial charge in [-0.15, -0.1) is 11.8 Å². The molecule has 2 amide bonds. The summed E-state index contributed by atoms with van der Waals surface area (Å²) in [7, 11) is 0. The topological polar surface area (TPSA) is 58.2 Å². The number of carbonyl (C=O) groups excluding carboxylic acids is 2. The molecule has 0 saturated carbocycles. The predicted molar refractivity (Wildman–Crippen MR) is 121 cm³/mol. The molecule has 3 rings (SSSR count). The summed E-state index contributed by atoms with van der Waals surface area (Å²) in [4.78, 5) is 25.8. The third-order valence-corrected chi connectivity index (χ3v) is 5.76. The molecular formula is C23H21ClN2O2S. The van der Waals surface area contributed by atoms with Crippen molar-refractivity contribution < 1.29 is 9.59 Å². The van der Waals surface area contributed by atoms with Gasteiger partial charge in [0.1, 0.15) is 0 Å². The number of carbonyl (C=O) groups is 2. The van der Waals surface area contributed by atoms with Crippen LogP contribution >= 0.6 is 23.4 Å². The first-order valence-electron chi connectivity index (χ1n) is 9.13. The van der Waals surface area contributed by atoms with E-state index in [1.165, 1.54) is 11.8 Å². The molecule has 0 aromatic heterocycles. The average Bonchev–Trinajstić information content (AvgIpc) is 2.71. The van der Waals surface area contributed by atoms with Crippen molar-refractivity contribution in [3.63, 3.8) is 0 Å². The molecule has 1 atom stereocenters. The number of hydrogen-bond donors (Lipinski definition) is 2. The molecule has 0 bridgehead atoms. The van der Waals surface area contributed by atoms with Crippen molar-refractivity contribution in [3.8, 4) is 0 Å². The Balaban J connectivity index is 1.58. The van der Waals surface area contributed by atoms with Gasteiger partial charge in [-0.05, 0) is 61.9 Å². The van der Waals surface area contributed by atoms with E-state index >= 15 is 0 Å². The second-order valence-electron chi connectivity index (χ2n) is 6.52. The van der Waals surface area contributed by atoms with Gasteiger partial charge in [0.05, 0.1) is 16.0 Å². The lowest BCUT2D eigenvalue weighted by molar-refractivity contribution is -0.115. The lowest BCUT2D eigenvalue weighted by Gasteiger charge is -2.13. The Morgan fingerprint density at radius 1 is 0.897 bits per heavy atom. The van der Waals surface area contributed by atoms with Gasteiger partial charge >= 0.3 is 0 Å². The van der Waals surface area contributed by atoms with Crippen LogP contribution in [0.25, 0.3) is 0 Å². The largest absolute Gasteiger partial charge is 0.324 e. The third-order valence-electron chi connectivity index (χ3n) is 4.32. The summed E-state index contributed by atoms with van der Waals surface area (Å²) in [5.74, 6) is -0.268. The fourth-order valence-electron chi connectivity index (χ4n) is 2.70. The molecule has 0 heterocycles. The van der Waals surface area contributed by atoms with Gasteiger partial charge in [-0.1, -0.05) is 41.9 Å². The molecule has 3 aromatic rings. The normalized spacial score (nSPS) is 11.6. The van der Waals surface area contributed by atoms with Gasteiger partial charge in [0.15, 0.2) is 0 Å². The number of hydrogen-bond acceptors (Lipinski definition) is 3. The molecule has 0 radical (unpaired) electrons. The van der Waals surface area contributed by atoms with Gasteiger partial charge in [0.25, 0.3) is 5.91 Å². The monoisotopic (exact) mass is 424 g/mol. The molecule has 2 N–H and O–H groups in total. The zero-order valence-corrected chi connectivity index (χ0v) is 17.7. The summed E-state index contributed by atoms with van der Waals surface area (Å²) in [5, 5.41) is 5.94. The van der Waals surface area contributed by atoms with Crippen LogP contribution in [0.2, 0.25) is 5.02 Å². The Hall–Kier alpha value is -2.76. The molecule has 29 heavy (non-hydrogen) atoms. The minimum Gasteiger partial charge on any atom is -0.324 e. The number of para-hydroxylation sites is 1. The van der Waals surface area contributed by atoms with E-state index in [0.29, 0.717) is 22.0 Å². The summed E-state index contributed by atoms with van der Waals surface area (Å²) in [6.07, 6.45) is 0. The maximum Gasteiger partial charge on any atom is 0.255 e. The highest BCUT2D eigenvalue weighted by atomic mass is 35.5. The van der Waals surface area contributed by atoms with Crippen molar-refractivity contribution in [3.05, 3.63) is 88.9 Å². The van der Waals surface area contributed by atoms with Gasteiger partial charge in [0.2, 0.25) is 5.91 Å². The fraction of sp³-hybridized carbons (Fsp3) is 0.130. The van der Waals surface area contributed by atoms with Crippen LogP contribution in [0, 0.1) is 6.92 Å². The molecule has 0 saturated heterocycles. The van der Waals surface area contributed by atoms with Crippen molar-refractivity contribution in [1.29, 1.82) is 0 Å². The van der Waals surface area contributed by atoms with E-state index in [0.717, 1.165) is 10.5 Å². The van der Waals surface area contributed by atoms with Crippen LogP contribution in [-0.4, -0.2) is 17.1 Å². The molecule has 0 aliphatic heterocycles. The molecule has 6 heteroatoms. The van der Waals surface area contributed by atoms with E-state index in [4.69, 9.17) is 11.6 Å². The van der Waals surface area contributed by atoms with E-state index in [-0.39, 0.29) is 17.1 Å². The number of anilines is 2. The van der Waals surface area contributed by atoms with E-state index in [1.807, 2.05) is 68.4 Å². The number of benzene rings is 3. The van der Waals surface area contributed by atoms with Crippen LogP contribution in [0.15, 0.2) is 77.7 Å². The van der Waals surface area contributed by atoms with E-state index in [1.54, 1.807) is 18.2 Å². The third kappa shape index (κ3) is 5.62. The van der Waals surface area contributed by atoms with Gasteiger partial charge in [-0.25, -0.2) is 0 Å². The Kier molecular flexibility index (Phi) is 6.96. The van der Waals surface area contributed by atoms with Crippen LogP contribution < -0.4 is 10.6 Å². The molecule has 3 aromatic carbocycles. The van der Waals surface area contributed by atoms with Crippen LogP contribution in [-0.2, 0) is 4.79 Å². The fourth-order valence-corrected chi connectivity index (χ4v) is 3.75. The molecule has 0 spiro atoms. The van der Waals surface area contributed by atoms with Crippen molar-refractivity contribution in [2.75, 3.05) is 10.6 Å². The quantitative estimate of drug-likeness (QED) is 0.475. The summed E-state index contributed by atoms with van der Waals surface area (Å²) in [6, 6.07) is 22.0. The number of halogens is 1. The van der Waals surface area contributed by atoms with Crippen molar-refractivity contribution in [2.24, 2.45) is 0 Å². The number of nitrogens with one attached hydrogen (secondary N) is 2. The van der Waals surface area contributed by atoms with E-state index < -0.39 is 0 Å². The van der Waals surface area contributed by atoms with Crippen molar-refractivity contribution >= 4 is 46.6 Å². The summed E-state index contributed by atoms with van der Waals surface area (Å²) in [6.45, 7) is 3.74. The second-order valence-corrected chi connectivity index (χ2v) is 8.34. The van der Waals surface area contributed by atoms with Gasteiger partial charge in [0, 0.05) is 16.1 Å². The highest BCUT2D eigenvalue weighted by Crippen LogP contribution is 2.27. The number of rotatable bonds is 6. The zero-order chi connectivity index (χ0) is 20.8. The number of thioether (sulfide) groups is 1. The second kappa shape index (κ2) is 9.63. The standard InChI is InChI=1S/C23H21ClN2O2S/c1-15-7-3-4-8-19(15)23(28)25-17-11-13-18(14-12-17)29-16(2)22(27)26-21-10-6-5-9-20(21)24/h3-14,16H,1-2H3,(H,25,28)(H,26,27). The Labute approximate surface area is 179 Å². The van der Waals surface area contributed by atoms with Crippen molar-refractivity contribution in [1.82, 2.24) is 0 Å². The molecule has 148 valence electrons. The number of amides is 2. The van der Waals surface area contributed by atoms with Gasteiger partial charge < -0.3 is 10.6 Å². The van der Waals surface area contributed by atoms with Crippen LogP contribution in [0.5, 0.6) is 0 Å².